The number of nitrogen functional groups attached to an aromatic ring is 1. The maximum Gasteiger partial charge on any atom is 0.350 e. The van der Waals surface area contributed by atoms with Gasteiger partial charge in [0.25, 0.3) is 0 Å². The average Bonchev–Trinajstić information content (AvgIpc) is 2.52. The molecule has 0 radical (unpaired) electrons. The van der Waals surface area contributed by atoms with E-state index in [2.05, 4.69) is 4.98 Å². The van der Waals surface area contributed by atoms with Gasteiger partial charge >= 0.3 is 11.6 Å². The lowest BCUT2D eigenvalue weighted by molar-refractivity contribution is -0.114. The number of nitrogens with two attached hydrogens (primary N) is 1. The molecule has 2 rings (SSSR count). The second kappa shape index (κ2) is 4.48. The summed E-state index contributed by atoms with van der Waals surface area (Å²) in [5.41, 5.74) is 4.35. The summed E-state index contributed by atoms with van der Waals surface area (Å²) in [5.74, 6) is -3.60. The predicted molar refractivity (Wildman–Crippen MR) is 61.4 cm³/mol. The van der Waals surface area contributed by atoms with Gasteiger partial charge in [-0.2, -0.15) is 4.98 Å². The summed E-state index contributed by atoms with van der Waals surface area (Å²) in [5, 5.41) is 15.7. The summed E-state index contributed by atoms with van der Waals surface area (Å²) in [4.78, 5) is 14.9. The molecule has 1 aliphatic heterocycles. The van der Waals surface area contributed by atoms with Crippen molar-refractivity contribution in [1.82, 2.24) is 9.55 Å². The second-order valence-electron chi connectivity index (χ2n) is 3.87. The van der Waals surface area contributed by atoms with Crippen LogP contribution in [0.5, 0.6) is 0 Å². The highest BCUT2D eigenvalue weighted by molar-refractivity contribution is 8.00. The van der Waals surface area contributed by atoms with Crippen LogP contribution in [0.25, 0.3) is 0 Å². The van der Waals surface area contributed by atoms with Crippen molar-refractivity contribution in [3.05, 3.63) is 22.7 Å². The van der Waals surface area contributed by atoms with E-state index in [1.165, 1.54) is 6.07 Å². The van der Waals surface area contributed by atoms with Crippen LogP contribution in [0.4, 0.5) is 14.6 Å². The highest BCUT2D eigenvalue weighted by Crippen LogP contribution is 2.51. The molecule has 1 aliphatic rings. The molecule has 0 aliphatic carbocycles. The first kappa shape index (κ1) is 13.2. The maximum absolute atomic E-state index is 13.8. The molecule has 0 aromatic carbocycles. The molecule has 100 valence electrons. The van der Waals surface area contributed by atoms with E-state index in [9.17, 15) is 18.7 Å². The number of nitrogens with zero attached hydrogens (tertiary/aromatic N) is 2. The fourth-order valence-electron chi connectivity index (χ4n) is 1.72. The zero-order valence-corrected chi connectivity index (χ0v) is 9.85. The Labute approximate surface area is 104 Å². The molecule has 9 heteroatoms. The lowest BCUT2D eigenvalue weighted by Gasteiger charge is -2.22. The second-order valence-corrected chi connectivity index (χ2v) is 5.20. The first-order valence-corrected chi connectivity index (χ1v) is 5.99. The van der Waals surface area contributed by atoms with Gasteiger partial charge in [0.2, 0.25) is 0 Å². The van der Waals surface area contributed by atoms with Gasteiger partial charge in [0.1, 0.15) is 11.9 Å². The average molecular weight is 279 g/mol. The zero-order chi connectivity index (χ0) is 13.5. The number of anilines is 1. The van der Waals surface area contributed by atoms with Gasteiger partial charge in [0, 0.05) is 6.20 Å². The van der Waals surface area contributed by atoms with Gasteiger partial charge in [-0.15, -0.1) is 11.8 Å². The molecular formula is C9H11F2N3O3S. The van der Waals surface area contributed by atoms with Gasteiger partial charge in [-0.3, -0.25) is 4.57 Å². The Morgan fingerprint density at radius 2 is 2.28 bits per heavy atom. The van der Waals surface area contributed by atoms with Crippen molar-refractivity contribution in [3.8, 4) is 0 Å². The van der Waals surface area contributed by atoms with Crippen molar-refractivity contribution in [2.24, 2.45) is 0 Å². The fourth-order valence-corrected chi connectivity index (χ4v) is 3.08. The topological polar surface area (TPSA) is 101 Å². The Hall–Kier alpha value is -1.19. The molecular weight excluding hydrogens is 268 g/mol. The molecule has 0 bridgehead atoms. The number of alkyl halides is 2. The van der Waals surface area contributed by atoms with Crippen LogP contribution in [-0.2, 0) is 0 Å². The fraction of sp³-hybridized carbons (Fsp3) is 0.556. The molecule has 0 unspecified atom stereocenters. The van der Waals surface area contributed by atoms with Crippen LogP contribution in [0.2, 0.25) is 0 Å². The number of aliphatic hydroxyl groups excluding tert-OH is 2. The molecule has 18 heavy (non-hydrogen) atoms. The molecule has 1 aromatic heterocycles. The van der Waals surface area contributed by atoms with E-state index < -0.39 is 34.9 Å². The standard InChI is InChI=1S/C9H11F2N3O3S/c10-9(11)6(16)4(3-15)18-7(9)14-2-1-5(12)13-8(14)17/h1-2,4,6-7,15-16H,3H2,(H2,12,13,17)/t4-,6-,7+/m0/s1. The third-order valence-corrected chi connectivity index (χ3v) is 4.22. The molecule has 0 spiro atoms. The zero-order valence-electron chi connectivity index (χ0n) is 9.03. The van der Waals surface area contributed by atoms with E-state index in [1.54, 1.807) is 0 Å². The largest absolute Gasteiger partial charge is 0.395 e. The Kier molecular flexibility index (Phi) is 3.30. The van der Waals surface area contributed by atoms with Crippen LogP contribution in [-0.4, -0.2) is 43.6 Å². The quantitative estimate of drug-likeness (QED) is 0.670. The number of rotatable bonds is 2. The summed E-state index contributed by atoms with van der Waals surface area (Å²) in [7, 11) is 0. The van der Waals surface area contributed by atoms with E-state index in [0.717, 1.165) is 6.20 Å². The molecule has 4 N–H and O–H groups in total. The van der Waals surface area contributed by atoms with Crippen molar-refractivity contribution in [1.29, 1.82) is 0 Å². The molecule has 1 aromatic rings. The van der Waals surface area contributed by atoms with Gasteiger partial charge in [0.05, 0.1) is 11.9 Å². The first-order valence-electron chi connectivity index (χ1n) is 5.04. The highest BCUT2D eigenvalue weighted by Gasteiger charge is 2.58. The number of hydrogen-bond acceptors (Lipinski definition) is 6. The summed E-state index contributed by atoms with van der Waals surface area (Å²) in [6.45, 7) is -0.602. The number of hydrogen-bond donors (Lipinski definition) is 3. The van der Waals surface area contributed by atoms with Crippen molar-refractivity contribution in [3.63, 3.8) is 0 Å². The minimum atomic E-state index is -3.53. The van der Waals surface area contributed by atoms with Crippen molar-refractivity contribution in [2.45, 2.75) is 22.7 Å². The van der Waals surface area contributed by atoms with Crippen LogP contribution in [0, 0.1) is 0 Å². The lowest BCUT2D eigenvalue weighted by Crippen LogP contribution is -2.41. The Morgan fingerprint density at radius 3 is 2.78 bits per heavy atom. The Bertz CT molecular complexity index is 510. The molecule has 0 saturated carbocycles. The molecule has 3 atom stereocenters. The Morgan fingerprint density at radius 1 is 1.61 bits per heavy atom. The molecule has 2 heterocycles. The van der Waals surface area contributed by atoms with E-state index in [1.807, 2.05) is 0 Å². The van der Waals surface area contributed by atoms with Crippen molar-refractivity contribution < 1.29 is 19.0 Å². The molecule has 1 fully saturated rings. The van der Waals surface area contributed by atoms with Gasteiger partial charge in [-0.25, -0.2) is 13.6 Å². The van der Waals surface area contributed by atoms with Gasteiger partial charge in [-0.1, -0.05) is 0 Å². The van der Waals surface area contributed by atoms with Gasteiger partial charge in [-0.05, 0) is 6.07 Å². The highest BCUT2D eigenvalue weighted by atomic mass is 32.2. The van der Waals surface area contributed by atoms with Crippen molar-refractivity contribution >= 4 is 17.6 Å². The normalized spacial score (nSPS) is 30.6. The van der Waals surface area contributed by atoms with Crippen LogP contribution in [0.3, 0.4) is 0 Å². The van der Waals surface area contributed by atoms with Crippen LogP contribution in [0.1, 0.15) is 5.37 Å². The van der Waals surface area contributed by atoms with Crippen molar-refractivity contribution in [2.75, 3.05) is 12.3 Å². The molecule has 0 amide bonds. The third-order valence-electron chi connectivity index (χ3n) is 2.66. The number of thioether (sulfide) groups is 1. The van der Waals surface area contributed by atoms with E-state index in [-0.39, 0.29) is 5.82 Å². The van der Waals surface area contributed by atoms with E-state index in [4.69, 9.17) is 10.8 Å². The van der Waals surface area contributed by atoms with Crippen LogP contribution in [0.15, 0.2) is 17.1 Å². The Balaban J connectivity index is 2.42. The van der Waals surface area contributed by atoms with Gasteiger partial charge < -0.3 is 15.9 Å². The third kappa shape index (κ3) is 1.98. The van der Waals surface area contributed by atoms with Crippen LogP contribution < -0.4 is 11.4 Å². The minimum absolute atomic E-state index is 0.0678. The van der Waals surface area contributed by atoms with E-state index >= 15 is 0 Å². The number of aromatic nitrogens is 2. The summed E-state index contributed by atoms with van der Waals surface area (Å²) < 4.78 is 28.3. The maximum atomic E-state index is 13.8. The smallest absolute Gasteiger partial charge is 0.350 e. The SMILES string of the molecule is Nc1ccn([C@@H]2S[C@@H](CO)[C@H](O)C2(F)F)c(=O)n1. The number of halogens is 2. The van der Waals surface area contributed by atoms with Crippen LogP contribution >= 0.6 is 11.8 Å². The van der Waals surface area contributed by atoms with Gasteiger partial charge in [0.15, 0.2) is 5.37 Å². The first-order chi connectivity index (χ1) is 8.37. The summed E-state index contributed by atoms with van der Waals surface area (Å²) in [6.07, 6.45) is -0.912. The molecule has 1 saturated heterocycles. The molecule has 6 nitrogen and oxygen atoms in total. The summed E-state index contributed by atoms with van der Waals surface area (Å²) >= 11 is 0.631. The van der Waals surface area contributed by atoms with E-state index in [0.29, 0.717) is 16.3 Å². The summed E-state index contributed by atoms with van der Waals surface area (Å²) in [6, 6.07) is 1.22. The minimum Gasteiger partial charge on any atom is -0.395 e. The predicted octanol–water partition coefficient (Wildman–Crippen LogP) is -0.572. The number of aliphatic hydroxyl groups is 2. The monoisotopic (exact) mass is 279 g/mol. The lowest BCUT2D eigenvalue weighted by atomic mass is 10.1.